The van der Waals surface area contributed by atoms with E-state index < -0.39 is 10.0 Å². The number of nitriles is 1. The number of sulfonamides is 1. The van der Waals surface area contributed by atoms with Crippen molar-refractivity contribution in [1.29, 1.82) is 5.26 Å². The molecule has 3 fully saturated rings. The van der Waals surface area contributed by atoms with Crippen molar-refractivity contribution in [2.24, 2.45) is 0 Å². The third-order valence-corrected chi connectivity index (χ3v) is 9.58. The van der Waals surface area contributed by atoms with Gasteiger partial charge in [-0.3, -0.25) is 4.90 Å². The highest BCUT2D eigenvalue weighted by atomic mass is 32.2. The van der Waals surface area contributed by atoms with Crippen molar-refractivity contribution in [3.63, 3.8) is 0 Å². The van der Waals surface area contributed by atoms with Gasteiger partial charge in [0.25, 0.3) is 0 Å². The van der Waals surface area contributed by atoms with Crippen LogP contribution in [-0.2, 0) is 14.8 Å². The van der Waals surface area contributed by atoms with E-state index in [4.69, 9.17) is 14.5 Å². The van der Waals surface area contributed by atoms with Crippen LogP contribution in [0, 0.1) is 11.3 Å². The molecule has 0 unspecified atom stereocenters. The van der Waals surface area contributed by atoms with Crippen molar-refractivity contribution in [3.05, 3.63) is 35.7 Å². The first kappa shape index (κ1) is 25.1. The highest BCUT2D eigenvalue weighted by Gasteiger charge is 2.33. The molecular weight excluding hydrogens is 506 g/mol. The Kier molecular flexibility index (Phi) is 6.69. The smallest absolute Gasteiger partial charge is 0.243 e. The van der Waals surface area contributed by atoms with Crippen LogP contribution in [0.1, 0.15) is 42.9 Å². The van der Waals surface area contributed by atoms with Crippen LogP contribution in [0.2, 0.25) is 0 Å². The molecule has 11 nitrogen and oxygen atoms in total. The Morgan fingerprint density at radius 2 is 1.89 bits per heavy atom. The lowest BCUT2D eigenvalue weighted by molar-refractivity contribution is 0.00610. The second-order valence-electron chi connectivity index (χ2n) is 10.0. The number of benzene rings is 1. The molecule has 1 aromatic carbocycles. The Morgan fingerprint density at radius 3 is 2.58 bits per heavy atom. The number of ether oxygens (including phenoxy) is 2. The van der Waals surface area contributed by atoms with Crippen molar-refractivity contribution in [2.75, 3.05) is 51.8 Å². The fraction of sp³-hybridized carbons (Fsp3) is 0.500. The van der Waals surface area contributed by atoms with Gasteiger partial charge in [0.05, 0.1) is 47.6 Å². The van der Waals surface area contributed by atoms with E-state index in [0.717, 1.165) is 63.1 Å². The average Bonchev–Trinajstić information content (AvgIpc) is 3.72. The van der Waals surface area contributed by atoms with Gasteiger partial charge < -0.3 is 19.8 Å². The van der Waals surface area contributed by atoms with Crippen molar-refractivity contribution < 1.29 is 17.9 Å². The predicted octanol–water partition coefficient (Wildman–Crippen LogP) is 2.94. The number of H-pyrrole nitrogens is 1. The third-order valence-electron chi connectivity index (χ3n) is 7.69. The number of piperidine rings is 1. The molecule has 2 N–H and O–H groups in total. The molecule has 3 aromatic rings. The summed E-state index contributed by atoms with van der Waals surface area (Å²) >= 11 is 0. The molecule has 200 valence electrons. The summed E-state index contributed by atoms with van der Waals surface area (Å²) in [5, 5.41) is 13.4. The summed E-state index contributed by atoms with van der Waals surface area (Å²) in [5.41, 5.74) is 2.55. The van der Waals surface area contributed by atoms with E-state index in [1.165, 1.54) is 7.11 Å². The number of hydrogen-bond acceptors (Lipinski definition) is 9. The quantitative estimate of drug-likeness (QED) is 0.466. The Balaban J connectivity index is 1.21. The van der Waals surface area contributed by atoms with Crippen LogP contribution in [-0.4, -0.2) is 85.1 Å². The molecule has 0 amide bonds. The van der Waals surface area contributed by atoms with Crippen LogP contribution in [0.3, 0.4) is 0 Å². The van der Waals surface area contributed by atoms with Gasteiger partial charge >= 0.3 is 0 Å². The van der Waals surface area contributed by atoms with Crippen molar-refractivity contribution >= 4 is 32.7 Å². The van der Waals surface area contributed by atoms with Gasteiger partial charge in [-0.25, -0.2) is 13.4 Å². The minimum Gasteiger partial charge on any atom is -0.495 e. The van der Waals surface area contributed by atoms with E-state index in [0.29, 0.717) is 53.6 Å². The lowest BCUT2D eigenvalue weighted by atomic mass is 10.0. The summed E-state index contributed by atoms with van der Waals surface area (Å²) < 4.78 is 39.5. The number of aromatic amines is 1. The zero-order chi connectivity index (χ0) is 26.3. The summed E-state index contributed by atoms with van der Waals surface area (Å²) in [6, 6.07) is 7.43. The molecule has 2 aromatic heterocycles. The van der Waals surface area contributed by atoms with Crippen LogP contribution in [0.4, 0.5) is 11.6 Å². The van der Waals surface area contributed by atoms with Gasteiger partial charge in [0.2, 0.25) is 16.0 Å². The van der Waals surface area contributed by atoms with Crippen molar-refractivity contribution in [2.45, 2.75) is 42.5 Å². The summed E-state index contributed by atoms with van der Waals surface area (Å²) in [5.74, 6) is 1.06. The number of aromatic nitrogens is 3. The molecule has 3 aliphatic rings. The lowest BCUT2D eigenvalue weighted by Crippen LogP contribution is -2.50. The highest BCUT2D eigenvalue weighted by Crippen LogP contribution is 2.43. The van der Waals surface area contributed by atoms with Gasteiger partial charge in [-0.2, -0.15) is 14.6 Å². The minimum absolute atomic E-state index is 0.197. The molecule has 0 bridgehead atoms. The molecule has 4 heterocycles. The van der Waals surface area contributed by atoms with Gasteiger partial charge in [-0.15, -0.1) is 0 Å². The summed E-state index contributed by atoms with van der Waals surface area (Å²) in [7, 11) is -2.15. The van der Waals surface area contributed by atoms with E-state index in [1.54, 1.807) is 28.7 Å². The van der Waals surface area contributed by atoms with Crippen molar-refractivity contribution in [1.82, 2.24) is 24.2 Å². The molecule has 1 saturated carbocycles. The van der Waals surface area contributed by atoms with Crippen LogP contribution in [0.5, 0.6) is 5.75 Å². The molecule has 2 saturated heterocycles. The minimum atomic E-state index is -3.66. The van der Waals surface area contributed by atoms with E-state index in [1.807, 2.05) is 0 Å². The second-order valence-corrected chi connectivity index (χ2v) is 12.0. The van der Waals surface area contributed by atoms with Crippen LogP contribution < -0.4 is 10.1 Å². The maximum absolute atomic E-state index is 13.5. The van der Waals surface area contributed by atoms with Gasteiger partial charge in [0.1, 0.15) is 17.5 Å². The fourth-order valence-electron chi connectivity index (χ4n) is 5.45. The zero-order valence-electron chi connectivity index (χ0n) is 21.3. The Morgan fingerprint density at radius 1 is 1.13 bits per heavy atom. The highest BCUT2D eigenvalue weighted by molar-refractivity contribution is 7.89. The largest absolute Gasteiger partial charge is 0.495 e. The first-order valence-electron chi connectivity index (χ1n) is 13.0. The van der Waals surface area contributed by atoms with E-state index in [9.17, 15) is 13.7 Å². The summed E-state index contributed by atoms with van der Waals surface area (Å²) in [6.45, 7) is 4.28. The number of nitrogens with zero attached hydrogens (tertiary/aromatic N) is 5. The fourth-order valence-corrected chi connectivity index (χ4v) is 6.94. The number of anilines is 2. The Bertz CT molecular complexity index is 1480. The molecular formula is C26H31N7O4S. The average molecular weight is 538 g/mol. The summed E-state index contributed by atoms with van der Waals surface area (Å²) in [4.78, 5) is 15.0. The predicted molar refractivity (Wildman–Crippen MR) is 141 cm³/mol. The molecule has 0 radical (unpaired) electrons. The van der Waals surface area contributed by atoms with Gasteiger partial charge in [-0.1, -0.05) is 0 Å². The molecule has 1 aliphatic carbocycles. The molecule has 12 heteroatoms. The normalized spacial score (nSPS) is 19.9. The van der Waals surface area contributed by atoms with Gasteiger partial charge in [0, 0.05) is 50.4 Å². The van der Waals surface area contributed by atoms with Crippen LogP contribution in [0.25, 0.3) is 11.0 Å². The summed E-state index contributed by atoms with van der Waals surface area (Å²) in [6.07, 6.45) is 5.33. The number of hydrogen-bond donors (Lipinski definition) is 2. The Labute approximate surface area is 221 Å². The number of fused-ring (bicyclic) bond motifs is 1. The van der Waals surface area contributed by atoms with E-state index >= 15 is 0 Å². The third kappa shape index (κ3) is 4.71. The van der Waals surface area contributed by atoms with E-state index in [2.05, 4.69) is 26.3 Å². The van der Waals surface area contributed by atoms with Crippen LogP contribution >= 0.6 is 0 Å². The maximum atomic E-state index is 13.5. The number of methoxy groups -OCH3 is 1. The van der Waals surface area contributed by atoms with Gasteiger partial charge in [-0.05, 0) is 37.8 Å². The first-order valence-corrected chi connectivity index (χ1v) is 14.5. The first-order chi connectivity index (χ1) is 18.5. The molecule has 6 rings (SSSR count). The monoisotopic (exact) mass is 537 g/mol. The van der Waals surface area contributed by atoms with E-state index in [-0.39, 0.29) is 4.90 Å². The molecule has 0 spiro atoms. The number of morpholine rings is 1. The number of nitrogens with one attached hydrogen (secondary N) is 2. The zero-order valence-corrected chi connectivity index (χ0v) is 22.1. The molecule has 0 atom stereocenters. The SMILES string of the molecule is COc1cc(S(=O)(=O)N2CCC(N3CCOCC3)CC2)ccc1Nc1nc(C2CC2)c2c(C#N)c[nH]c2n1. The molecule has 38 heavy (non-hydrogen) atoms. The van der Waals surface area contributed by atoms with Crippen molar-refractivity contribution in [3.8, 4) is 11.8 Å². The maximum Gasteiger partial charge on any atom is 0.243 e. The lowest BCUT2D eigenvalue weighted by Gasteiger charge is -2.39. The standard InChI is InChI=1S/C26H31N7O4S/c1-36-22-14-20(38(34,35)33-8-6-19(7-9-33)32-10-12-37-13-11-32)4-5-21(22)29-26-30-24(17-2-3-17)23-18(15-27)16-28-25(23)31-26/h4-5,14,16-17,19H,2-3,6-13H2,1H3,(H2,28,29,30,31). The topological polar surface area (TPSA) is 136 Å². The van der Waals surface area contributed by atoms with Gasteiger partial charge in [0.15, 0.2) is 0 Å². The van der Waals surface area contributed by atoms with Crippen LogP contribution in [0.15, 0.2) is 29.3 Å². The second kappa shape index (κ2) is 10.1. The number of rotatable bonds is 7. The Hall–Kier alpha value is -3.24. The molecule has 2 aliphatic heterocycles.